The Bertz CT molecular complexity index is 906. The molecule has 4 aliphatic carbocycles. The van der Waals surface area contributed by atoms with Crippen molar-refractivity contribution in [2.45, 2.75) is 82.6 Å². The van der Waals surface area contributed by atoms with Crippen molar-refractivity contribution in [3.8, 4) is 0 Å². The van der Waals surface area contributed by atoms with Gasteiger partial charge in [-0.15, -0.1) is 0 Å². The lowest BCUT2D eigenvalue weighted by Crippen LogP contribution is -2.56. The monoisotopic (exact) mass is 458 g/mol. The van der Waals surface area contributed by atoms with Gasteiger partial charge in [0.05, 0.1) is 5.60 Å². The molecule has 0 amide bonds. The van der Waals surface area contributed by atoms with E-state index in [1.807, 2.05) is 24.3 Å². The number of benzene rings is 1. The Kier molecular flexibility index (Phi) is 5.43. The Morgan fingerprint density at radius 3 is 2.48 bits per heavy atom. The summed E-state index contributed by atoms with van der Waals surface area (Å²) in [6, 6.07) is 7.85. The maximum atomic E-state index is 13.0. The first-order chi connectivity index (χ1) is 14.6. The molecule has 31 heavy (non-hydrogen) atoms. The van der Waals surface area contributed by atoms with Crippen LogP contribution in [-0.2, 0) is 4.79 Å². The number of rotatable bonds is 2. The maximum Gasteiger partial charge on any atom is 0.159 e. The molecule has 0 saturated heterocycles. The van der Waals surface area contributed by atoms with Crippen LogP contribution in [0, 0.1) is 34.5 Å². The van der Waals surface area contributed by atoms with Crippen molar-refractivity contribution in [3.05, 3.63) is 40.3 Å². The van der Waals surface area contributed by atoms with Crippen molar-refractivity contribution in [1.82, 2.24) is 0 Å². The summed E-state index contributed by atoms with van der Waals surface area (Å²) in [5.74, 6) is 2.88. The molecule has 7 atom stereocenters. The van der Waals surface area contributed by atoms with Crippen molar-refractivity contribution >= 4 is 29.1 Å². The number of carbonyl (C=O) groups is 1. The number of carbonyl (C=O) groups excluding carboxylic acids is 1. The largest absolute Gasteiger partial charge is 0.390 e. The number of hydrogen-bond donors (Lipinski definition) is 1. The molecule has 0 bridgehead atoms. The second kappa shape index (κ2) is 7.64. The molecule has 0 radical (unpaired) electrons. The molecule has 0 aromatic heterocycles. The van der Waals surface area contributed by atoms with Gasteiger partial charge in [-0.1, -0.05) is 37.2 Å². The summed E-state index contributed by atoms with van der Waals surface area (Å²) in [7, 11) is 0. The van der Waals surface area contributed by atoms with E-state index in [0.29, 0.717) is 35.9 Å². The van der Waals surface area contributed by atoms with Gasteiger partial charge in [-0.3, -0.25) is 4.79 Å². The highest BCUT2D eigenvalue weighted by atomic mass is 35.5. The van der Waals surface area contributed by atoms with Crippen LogP contribution in [0.2, 0.25) is 5.02 Å². The number of allylic oxidation sites excluding steroid dienone is 1. The molecule has 1 aromatic rings. The van der Waals surface area contributed by atoms with Crippen molar-refractivity contribution in [1.29, 1.82) is 0 Å². The smallest absolute Gasteiger partial charge is 0.159 e. The van der Waals surface area contributed by atoms with Gasteiger partial charge in [-0.2, -0.15) is 0 Å². The minimum absolute atomic E-state index is 0.0605. The molecule has 5 rings (SSSR count). The first-order valence-electron chi connectivity index (χ1n) is 12.0. The average molecular weight is 459 g/mol. The Hall–Kier alpha value is -0.770. The first kappa shape index (κ1) is 22.0. The standard InChI is InChI=1S/C27H35ClO2S/c1-25-15-17(16-31-20-7-5-19(28)6-8-20)24(29)14-18(25)4-9-21-22(25)10-12-26(2)23(21)11-13-27(26,3)30/h5-8,16,18,21-23,30H,4,9-15H2,1-3H3/b17-16-/t18-,21+,22-,23-,25-,26-,27+/m0/s1. The minimum atomic E-state index is -0.525. The van der Waals surface area contributed by atoms with E-state index in [1.165, 1.54) is 25.7 Å². The highest BCUT2D eigenvalue weighted by Crippen LogP contribution is 2.68. The topological polar surface area (TPSA) is 37.3 Å². The fraction of sp³-hybridized carbons (Fsp3) is 0.667. The van der Waals surface area contributed by atoms with E-state index in [0.717, 1.165) is 34.8 Å². The molecule has 1 aromatic carbocycles. The van der Waals surface area contributed by atoms with Crippen molar-refractivity contribution in [2.75, 3.05) is 0 Å². The van der Waals surface area contributed by atoms with Gasteiger partial charge < -0.3 is 5.11 Å². The minimum Gasteiger partial charge on any atom is -0.390 e. The zero-order valence-corrected chi connectivity index (χ0v) is 20.6. The van der Waals surface area contributed by atoms with Crippen LogP contribution in [0.1, 0.15) is 72.1 Å². The quantitative estimate of drug-likeness (QED) is 0.373. The molecular formula is C27H35ClO2S. The number of aliphatic hydroxyl groups is 1. The molecule has 4 heteroatoms. The Morgan fingerprint density at radius 2 is 1.74 bits per heavy atom. The lowest BCUT2D eigenvalue weighted by atomic mass is 9.44. The molecule has 0 spiro atoms. The molecule has 4 aliphatic rings. The fourth-order valence-electron chi connectivity index (χ4n) is 8.01. The second-order valence-electron chi connectivity index (χ2n) is 11.4. The highest BCUT2D eigenvalue weighted by molar-refractivity contribution is 8.02. The van der Waals surface area contributed by atoms with Crippen LogP contribution in [0.4, 0.5) is 0 Å². The van der Waals surface area contributed by atoms with Crippen LogP contribution in [0.3, 0.4) is 0 Å². The third-order valence-corrected chi connectivity index (χ3v) is 11.3. The molecule has 0 heterocycles. The summed E-state index contributed by atoms with van der Waals surface area (Å²) in [5, 5.41) is 14.0. The van der Waals surface area contributed by atoms with Crippen molar-refractivity contribution < 1.29 is 9.90 Å². The van der Waals surface area contributed by atoms with E-state index in [1.54, 1.807) is 11.8 Å². The summed E-state index contributed by atoms with van der Waals surface area (Å²) >= 11 is 7.66. The molecule has 4 saturated carbocycles. The van der Waals surface area contributed by atoms with Crippen molar-refractivity contribution in [3.63, 3.8) is 0 Å². The summed E-state index contributed by atoms with van der Waals surface area (Å²) in [5.41, 5.74) is 0.763. The lowest BCUT2D eigenvalue weighted by Gasteiger charge is -2.61. The van der Waals surface area contributed by atoms with Crippen molar-refractivity contribution in [2.24, 2.45) is 34.5 Å². The van der Waals surface area contributed by atoms with Crippen LogP contribution in [0.25, 0.3) is 0 Å². The number of hydrogen-bond acceptors (Lipinski definition) is 3. The lowest BCUT2D eigenvalue weighted by molar-refractivity contribution is -0.147. The van der Waals surface area contributed by atoms with E-state index < -0.39 is 5.60 Å². The van der Waals surface area contributed by atoms with E-state index in [9.17, 15) is 9.90 Å². The van der Waals surface area contributed by atoms with Crippen LogP contribution >= 0.6 is 23.4 Å². The Labute approximate surface area is 196 Å². The van der Waals surface area contributed by atoms with Gasteiger partial charge in [-0.05, 0) is 116 Å². The molecule has 2 nitrogen and oxygen atoms in total. The van der Waals surface area contributed by atoms with Gasteiger partial charge in [-0.25, -0.2) is 0 Å². The van der Waals surface area contributed by atoms with Gasteiger partial charge in [0.1, 0.15) is 0 Å². The van der Waals surface area contributed by atoms with Crippen LogP contribution in [-0.4, -0.2) is 16.5 Å². The van der Waals surface area contributed by atoms with Crippen LogP contribution in [0.15, 0.2) is 40.1 Å². The normalized spacial score (nSPS) is 45.8. The summed E-state index contributed by atoms with van der Waals surface area (Å²) in [6.07, 6.45) is 8.49. The van der Waals surface area contributed by atoms with E-state index in [-0.39, 0.29) is 10.8 Å². The van der Waals surface area contributed by atoms with Gasteiger partial charge in [0.15, 0.2) is 5.78 Å². The molecule has 0 unspecified atom stereocenters. The third-order valence-electron chi connectivity index (χ3n) is 10.1. The third kappa shape index (κ3) is 3.45. The highest BCUT2D eigenvalue weighted by Gasteiger charge is 2.63. The maximum absolute atomic E-state index is 13.0. The second-order valence-corrected chi connectivity index (χ2v) is 12.8. The SMILES string of the molecule is C[C@]12C/C(=C/Sc3ccc(Cl)cc3)C(=O)C[C@@H]1CC[C@@H]1[C@@H]2CC[C@@]2(C)[C@H]1CC[C@@]2(C)O. The van der Waals surface area contributed by atoms with Crippen LogP contribution < -0.4 is 0 Å². The van der Waals surface area contributed by atoms with Gasteiger partial charge >= 0.3 is 0 Å². The number of Topliss-reactive ketones (excluding diaryl/α,β-unsaturated/α-hetero) is 1. The molecule has 168 valence electrons. The number of halogens is 1. The number of fused-ring (bicyclic) bond motifs is 5. The zero-order valence-electron chi connectivity index (χ0n) is 19.0. The average Bonchev–Trinajstić information content (AvgIpc) is 2.97. The van der Waals surface area contributed by atoms with Gasteiger partial charge in [0.25, 0.3) is 0 Å². The Morgan fingerprint density at radius 1 is 1.03 bits per heavy atom. The van der Waals surface area contributed by atoms with Gasteiger partial charge in [0.2, 0.25) is 0 Å². The van der Waals surface area contributed by atoms with E-state index >= 15 is 0 Å². The predicted octanol–water partition coefficient (Wildman–Crippen LogP) is 7.29. The summed E-state index contributed by atoms with van der Waals surface area (Å²) < 4.78 is 0. The summed E-state index contributed by atoms with van der Waals surface area (Å²) in [6.45, 7) is 6.92. The van der Waals surface area contributed by atoms with Crippen LogP contribution in [0.5, 0.6) is 0 Å². The zero-order chi connectivity index (χ0) is 22.0. The number of ketones is 1. The van der Waals surface area contributed by atoms with E-state index in [2.05, 4.69) is 26.2 Å². The fourth-order valence-corrected chi connectivity index (χ4v) is 8.92. The molecular weight excluding hydrogens is 424 g/mol. The number of thioether (sulfide) groups is 1. The molecule has 0 aliphatic heterocycles. The van der Waals surface area contributed by atoms with E-state index in [4.69, 9.17) is 11.6 Å². The van der Waals surface area contributed by atoms with Gasteiger partial charge in [0, 0.05) is 21.9 Å². The molecule has 1 N–H and O–H groups in total. The first-order valence-corrected chi connectivity index (χ1v) is 13.3. The predicted molar refractivity (Wildman–Crippen MR) is 128 cm³/mol. The molecule has 4 fully saturated rings. The summed E-state index contributed by atoms with van der Waals surface area (Å²) in [4.78, 5) is 14.1. The Balaban J connectivity index is 1.39.